The molecule has 0 aromatic carbocycles. The fourth-order valence-corrected chi connectivity index (χ4v) is 0.655. The van der Waals surface area contributed by atoms with Crippen LogP contribution in [-0.2, 0) is 0 Å². The molecule has 0 nitrogen and oxygen atoms in total. The van der Waals surface area contributed by atoms with E-state index in [4.69, 9.17) is 0 Å². The Labute approximate surface area is 53.3 Å². The average Bonchev–Trinajstić information content (AvgIpc) is 1.66. The average molecular weight is 113 g/mol. The van der Waals surface area contributed by atoms with E-state index in [1.807, 2.05) is 0 Å². The lowest BCUT2D eigenvalue weighted by molar-refractivity contribution is 0.665. The van der Waals surface area contributed by atoms with Crippen LogP contribution >= 0.6 is 0 Å². The molecule has 0 saturated heterocycles. The molecular formula is C8H17+. The Morgan fingerprint density at radius 2 is 2.00 bits per heavy atom. The second kappa shape index (κ2) is 5.02. The van der Waals surface area contributed by atoms with Gasteiger partial charge in [0.1, 0.15) is 0 Å². The molecule has 0 spiro atoms. The first-order valence-electron chi connectivity index (χ1n) is 3.60. The summed E-state index contributed by atoms with van der Waals surface area (Å²) < 4.78 is 0. The molecule has 0 atom stereocenters. The van der Waals surface area contributed by atoms with Crippen molar-refractivity contribution in [3.05, 3.63) is 6.42 Å². The van der Waals surface area contributed by atoms with Gasteiger partial charge in [-0.25, -0.2) is 0 Å². The first-order valence-corrected chi connectivity index (χ1v) is 3.60. The molecule has 0 heteroatoms. The van der Waals surface area contributed by atoms with Gasteiger partial charge < -0.3 is 0 Å². The summed E-state index contributed by atoms with van der Waals surface area (Å²) in [6.07, 6.45) is 6.36. The van der Waals surface area contributed by atoms with Gasteiger partial charge in [-0.05, 0) is 20.3 Å². The Morgan fingerprint density at radius 3 is 2.38 bits per heavy atom. The summed E-state index contributed by atoms with van der Waals surface area (Å²) in [6, 6.07) is 0. The smallest absolute Gasteiger partial charge is 0.0652 e. The molecule has 0 aliphatic rings. The minimum absolute atomic E-state index is 0.779. The van der Waals surface area contributed by atoms with Gasteiger partial charge in [0.25, 0.3) is 0 Å². The van der Waals surface area contributed by atoms with E-state index in [-0.39, 0.29) is 0 Å². The van der Waals surface area contributed by atoms with Crippen LogP contribution < -0.4 is 0 Å². The lowest BCUT2D eigenvalue weighted by Crippen LogP contribution is -1.86. The first-order chi connectivity index (χ1) is 3.77. The van der Waals surface area contributed by atoms with Crippen molar-refractivity contribution in [1.82, 2.24) is 0 Å². The van der Waals surface area contributed by atoms with Crippen molar-refractivity contribution in [3.63, 3.8) is 0 Å². The van der Waals surface area contributed by atoms with Gasteiger partial charge in [0.05, 0.1) is 18.8 Å². The van der Waals surface area contributed by atoms with Crippen molar-refractivity contribution >= 4 is 0 Å². The van der Waals surface area contributed by atoms with E-state index in [1.165, 1.54) is 19.3 Å². The van der Waals surface area contributed by atoms with Gasteiger partial charge >= 0.3 is 0 Å². The van der Waals surface area contributed by atoms with Crippen LogP contribution in [0.5, 0.6) is 0 Å². The van der Waals surface area contributed by atoms with E-state index in [1.54, 1.807) is 0 Å². The lowest BCUT2D eigenvalue weighted by atomic mass is 10.1. The van der Waals surface area contributed by atoms with Gasteiger partial charge in [-0.1, -0.05) is 13.3 Å². The molecule has 0 N–H and O–H groups in total. The Balaban J connectivity index is 2.72. The Morgan fingerprint density at radius 1 is 1.38 bits per heavy atom. The van der Waals surface area contributed by atoms with Gasteiger partial charge in [-0.2, -0.15) is 0 Å². The SMILES string of the molecule is CCCC[CH+]C(C)C. The Kier molecular flexibility index (Phi) is 4.93. The third-order valence-corrected chi connectivity index (χ3v) is 1.20. The molecule has 48 valence electrons. The minimum Gasteiger partial charge on any atom is -0.0652 e. The van der Waals surface area contributed by atoms with Crippen LogP contribution in [0.25, 0.3) is 0 Å². The molecule has 0 unspecified atom stereocenters. The van der Waals surface area contributed by atoms with Crippen LogP contribution in [0, 0.1) is 12.3 Å². The molecule has 0 aliphatic carbocycles. The minimum atomic E-state index is 0.779. The largest absolute Gasteiger partial charge is 0.0921 e. The third-order valence-electron chi connectivity index (χ3n) is 1.20. The van der Waals surface area contributed by atoms with Crippen LogP contribution in [0.3, 0.4) is 0 Å². The predicted molar refractivity (Wildman–Crippen MR) is 38.7 cm³/mol. The maximum atomic E-state index is 2.38. The molecule has 0 fully saturated rings. The topological polar surface area (TPSA) is 0 Å². The van der Waals surface area contributed by atoms with Crippen molar-refractivity contribution in [1.29, 1.82) is 0 Å². The summed E-state index contributed by atoms with van der Waals surface area (Å²) in [5.74, 6) is 0.779. The summed E-state index contributed by atoms with van der Waals surface area (Å²) in [5, 5.41) is 0. The van der Waals surface area contributed by atoms with E-state index in [2.05, 4.69) is 27.2 Å². The number of hydrogen-bond donors (Lipinski definition) is 0. The molecule has 0 heterocycles. The van der Waals surface area contributed by atoms with Crippen LogP contribution in [0.15, 0.2) is 0 Å². The standard InChI is InChI=1S/C8H17/c1-4-5-6-7-8(2)3/h7-8H,4-6H2,1-3H3/q+1. The van der Waals surface area contributed by atoms with Crippen molar-refractivity contribution in [2.24, 2.45) is 5.92 Å². The van der Waals surface area contributed by atoms with E-state index < -0.39 is 0 Å². The molecule has 0 amide bonds. The molecule has 0 radical (unpaired) electrons. The molecule has 0 aromatic rings. The molecular weight excluding hydrogens is 96.1 g/mol. The van der Waals surface area contributed by atoms with Crippen molar-refractivity contribution in [2.45, 2.75) is 40.0 Å². The summed E-state index contributed by atoms with van der Waals surface area (Å²) in [7, 11) is 0. The van der Waals surface area contributed by atoms with Gasteiger partial charge in [-0.15, -0.1) is 0 Å². The van der Waals surface area contributed by atoms with Crippen LogP contribution in [0.2, 0.25) is 0 Å². The molecule has 8 heavy (non-hydrogen) atoms. The monoisotopic (exact) mass is 113 g/mol. The van der Waals surface area contributed by atoms with Crippen LogP contribution in [0.1, 0.15) is 40.0 Å². The molecule has 0 bridgehead atoms. The van der Waals surface area contributed by atoms with Gasteiger partial charge in [0, 0.05) is 0 Å². The van der Waals surface area contributed by atoms with Gasteiger partial charge in [0.15, 0.2) is 0 Å². The van der Waals surface area contributed by atoms with Crippen molar-refractivity contribution in [2.75, 3.05) is 0 Å². The highest BCUT2D eigenvalue weighted by atomic mass is 14.0. The van der Waals surface area contributed by atoms with Crippen molar-refractivity contribution < 1.29 is 0 Å². The maximum Gasteiger partial charge on any atom is 0.0921 e. The number of unbranched alkanes of at least 4 members (excludes halogenated alkanes) is 2. The van der Waals surface area contributed by atoms with E-state index in [9.17, 15) is 0 Å². The second-order valence-electron chi connectivity index (χ2n) is 2.62. The van der Waals surface area contributed by atoms with Gasteiger partial charge in [0.2, 0.25) is 0 Å². The summed E-state index contributed by atoms with van der Waals surface area (Å²) >= 11 is 0. The Hall–Kier alpha value is -0.130. The molecule has 0 aromatic heterocycles. The highest BCUT2D eigenvalue weighted by molar-refractivity contribution is 4.67. The van der Waals surface area contributed by atoms with E-state index in [0.29, 0.717) is 0 Å². The predicted octanol–water partition coefficient (Wildman–Crippen LogP) is 3.04. The van der Waals surface area contributed by atoms with Crippen LogP contribution in [-0.4, -0.2) is 0 Å². The number of hydrogen-bond acceptors (Lipinski definition) is 0. The zero-order valence-electron chi connectivity index (χ0n) is 6.28. The van der Waals surface area contributed by atoms with Crippen LogP contribution in [0.4, 0.5) is 0 Å². The molecule has 0 saturated carbocycles. The summed E-state index contributed by atoms with van der Waals surface area (Å²) in [5.41, 5.74) is 0. The van der Waals surface area contributed by atoms with Gasteiger partial charge in [-0.3, -0.25) is 0 Å². The second-order valence-corrected chi connectivity index (χ2v) is 2.62. The highest BCUT2D eigenvalue weighted by Crippen LogP contribution is 2.05. The zero-order valence-corrected chi connectivity index (χ0v) is 6.28. The highest BCUT2D eigenvalue weighted by Gasteiger charge is 2.01. The third kappa shape index (κ3) is 5.87. The molecule has 0 aliphatic heterocycles. The maximum absolute atomic E-state index is 2.38. The first kappa shape index (κ1) is 7.87. The lowest BCUT2D eigenvalue weighted by Gasteiger charge is -1.90. The zero-order chi connectivity index (χ0) is 6.41. The fraction of sp³-hybridized carbons (Fsp3) is 0.875. The summed E-state index contributed by atoms with van der Waals surface area (Å²) in [6.45, 7) is 6.69. The Bertz CT molecular complexity index is 37.3. The normalized spacial score (nSPS) is 10.0. The van der Waals surface area contributed by atoms with E-state index >= 15 is 0 Å². The van der Waals surface area contributed by atoms with E-state index in [0.717, 1.165) is 5.92 Å². The number of rotatable bonds is 4. The summed E-state index contributed by atoms with van der Waals surface area (Å²) in [4.78, 5) is 0. The van der Waals surface area contributed by atoms with Crippen molar-refractivity contribution in [3.8, 4) is 0 Å². The fourth-order valence-electron chi connectivity index (χ4n) is 0.655. The molecule has 0 rings (SSSR count). The quantitative estimate of drug-likeness (QED) is 0.388.